The predicted molar refractivity (Wildman–Crippen MR) is 107 cm³/mol. The number of carbonyl (C=O) groups excluding carboxylic acids is 2. The third kappa shape index (κ3) is 4.48. The van der Waals surface area contributed by atoms with E-state index in [4.69, 9.17) is 4.74 Å². The molecule has 1 aliphatic rings. The predicted octanol–water partition coefficient (Wildman–Crippen LogP) is 5.09. The van der Waals surface area contributed by atoms with Crippen molar-refractivity contribution in [2.45, 2.75) is 51.0 Å². The number of hydrogen-bond donors (Lipinski definition) is 2. The molecule has 0 radical (unpaired) electrons. The van der Waals surface area contributed by atoms with Crippen LogP contribution in [0.4, 0.5) is 16.2 Å². The summed E-state index contributed by atoms with van der Waals surface area (Å²) in [5, 5.41) is 5.70. The molecule has 0 aliphatic heterocycles. The zero-order valence-corrected chi connectivity index (χ0v) is 16.0. The minimum Gasteiger partial charge on any atom is -0.444 e. The molecule has 0 aromatic heterocycles. The van der Waals surface area contributed by atoms with Gasteiger partial charge in [0.05, 0.1) is 5.41 Å². The zero-order chi connectivity index (χ0) is 19.5. The number of hydrogen-bond acceptors (Lipinski definition) is 3. The Bertz CT molecular complexity index is 804. The van der Waals surface area contributed by atoms with Crippen molar-refractivity contribution in [1.29, 1.82) is 0 Å². The fourth-order valence-corrected chi connectivity index (χ4v) is 3.24. The van der Waals surface area contributed by atoms with Crippen LogP contribution in [-0.4, -0.2) is 17.6 Å². The monoisotopic (exact) mass is 366 g/mol. The maximum Gasteiger partial charge on any atom is 0.412 e. The molecule has 0 heterocycles. The van der Waals surface area contributed by atoms with Crippen molar-refractivity contribution in [2.24, 2.45) is 0 Å². The summed E-state index contributed by atoms with van der Waals surface area (Å²) in [6.45, 7) is 5.44. The van der Waals surface area contributed by atoms with E-state index in [1.165, 1.54) is 0 Å². The van der Waals surface area contributed by atoms with E-state index in [0.29, 0.717) is 11.4 Å². The smallest absolute Gasteiger partial charge is 0.412 e. The van der Waals surface area contributed by atoms with Gasteiger partial charge in [-0.1, -0.05) is 36.8 Å². The molecule has 5 nitrogen and oxygen atoms in total. The standard InChI is InChI=1S/C22H26N2O3/c1-21(2,3)27-20(26)24-18-12-10-17(11-13-18)23-19(25)22(14-7-15-22)16-8-5-4-6-9-16/h4-6,8-13H,7,14-15H2,1-3H3,(H,23,25)(H,24,26). The maximum atomic E-state index is 12.9. The second-order valence-electron chi connectivity index (χ2n) is 7.96. The first-order valence-electron chi connectivity index (χ1n) is 9.26. The Labute approximate surface area is 160 Å². The number of carbonyl (C=O) groups is 2. The second kappa shape index (κ2) is 7.43. The Hall–Kier alpha value is -2.82. The molecule has 142 valence electrons. The molecule has 2 aromatic rings. The van der Waals surface area contributed by atoms with Gasteiger partial charge in [-0.15, -0.1) is 0 Å². The third-order valence-corrected chi connectivity index (χ3v) is 4.76. The van der Waals surface area contributed by atoms with Crippen LogP contribution in [0.3, 0.4) is 0 Å². The van der Waals surface area contributed by atoms with E-state index < -0.39 is 17.1 Å². The minimum atomic E-state index is -0.549. The summed E-state index contributed by atoms with van der Waals surface area (Å²) in [7, 11) is 0. The molecule has 0 bridgehead atoms. The Morgan fingerprint density at radius 1 is 0.889 bits per heavy atom. The molecule has 2 N–H and O–H groups in total. The van der Waals surface area contributed by atoms with Crippen molar-refractivity contribution < 1.29 is 14.3 Å². The van der Waals surface area contributed by atoms with Gasteiger partial charge in [-0.2, -0.15) is 0 Å². The normalized spacial score (nSPS) is 15.4. The van der Waals surface area contributed by atoms with Crippen LogP contribution in [0.5, 0.6) is 0 Å². The largest absolute Gasteiger partial charge is 0.444 e. The Morgan fingerprint density at radius 2 is 1.44 bits per heavy atom. The lowest BCUT2D eigenvalue weighted by atomic mass is 9.64. The summed E-state index contributed by atoms with van der Waals surface area (Å²) < 4.78 is 5.23. The van der Waals surface area contributed by atoms with Crippen LogP contribution in [0.25, 0.3) is 0 Å². The summed E-state index contributed by atoms with van der Waals surface area (Å²) in [5.41, 5.74) is 1.40. The summed E-state index contributed by atoms with van der Waals surface area (Å²) in [4.78, 5) is 24.8. The van der Waals surface area contributed by atoms with E-state index in [1.807, 2.05) is 51.1 Å². The number of anilines is 2. The summed E-state index contributed by atoms with van der Waals surface area (Å²) >= 11 is 0. The first-order valence-corrected chi connectivity index (χ1v) is 9.26. The molecular weight excluding hydrogens is 340 g/mol. The van der Waals surface area contributed by atoms with Gasteiger partial charge in [0, 0.05) is 11.4 Å². The summed E-state index contributed by atoms with van der Waals surface area (Å²) in [6.07, 6.45) is 2.28. The van der Waals surface area contributed by atoms with Gasteiger partial charge in [0.2, 0.25) is 5.91 Å². The number of nitrogens with one attached hydrogen (secondary N) is 2. The van der Waals surface area contributed by atoms with Crippen LogP contribution < -0.4 is 10.6 Å². The molecular formula is C22H26N2O3. The van der Waals surface area contributed by atoms with E-state index in [0.717, 1.165) is 24.8 Å². The topological polar surface area (TPSA) is 67.4 Å². The summed E-state index contributed by atoms with van der Waals surface area (Å²) in [6, 6.07) is 17.0. The second-order valence-corrected chi connectivity index (χ2v) is 7.96. The highest BCUT2D eigenvalue weighted by Crippen LogP contribution is 2.44. The van der Waals surface area contributed by atoms with Crippen molar-refractivity contribution >= 4 is 23.4 Å². The van der Waals surface area contributed by atoms with Crippen LogP contribution in [0.2, 0.25) is 0 Å². The van der Waals surface area contributed by atoms with Crippen LogP contribution in [0, 0.1) is 0 Å². The highest BCUT2D eigenvalue weighted by molar-refractivity contribution is 6.00. The molecule has 3 rings (SSSR count). The van der Waals surface area contributed by atoms with E-state index in [9.17, 15) is 9.59 Å². The van der Waals surface area contributed by atoms with Crippen molar-refractivity contribution in [2.75, 3.05) is 10.6 Å². The van der Waals surface area contributed by atoms with Crippen molar-refractivity contribution in [3.8, 4) is 0 Å². The molecule has 2 aromatic carbocycles. The van der Waals surface area contributed by atoms with Crippen LogP contribution in [0.15, 0.2) is 54.6 Å². The zero-order valence-electron chi connectivity index (χ0n) is 16.0. The highest BCUT2D eigenvalue weighted by atomic mass is 16.6. The van der Waals surface area contributed by atoms with Gasteiger partial charge in [-0.05, 0) is 63.4 Å². The number of ether oxygens (including phenoxy) is 1. The number of rotatable bonds is 4. The molecule has 27 heavy (non-hydrogen) atoms. The minimum absolute atomic E-state index is 0.0211. The Balaban J connectivity index is 1.64. The highest BCUT2D eigenvalue weighted by Gasteiger charge is 2.45. The average molecular weight is 366 g/mol. The molecule has 0 atom stereocenters. The van der Waals surface area contributed by atoms with E-state index in [1.54, 1.807) is 24.3 Å². The SMILES string of the molecule is CC(C)(C)OC(=O)Nc1ccc(NC(=O)C2(c3ccccc3)CCC2)cc1. The van der Waals surface area contributed by atoms with Crippen molar-refractivity contribution in [1.82, 2.24) is 0 Å². The lowest BCUT2D eigenvalue weighted by Crippen LogP contribution is -2.45. The van der Waals surface area contributed by atoms with Crippen LogP contribution in [0.1, 0.15) is 45.6 Å². The molecule has 0 unspecified atom stereocenters. The van der Waals surface area contributed by atoms with Gasteiger partial charge < -0.3 is 10.1 Å². The Kier molecular flexibility index (Phi) is 5.22. The summed E-state index contributed by atoms with van der Waals surface area (Å²) in [5.74, 6) is 0.0211. The average Bonchev–Trinajstić information content (AvgIpc) is 2.55. The Morgan fingerprint density at radius 3 is 1.93 bits per heavy atom. The van der Waals surface area contributed by atoms with Gasteiger partial charge in [-0.25, -0.2) is 4.79 Å². The molecule has 1 aliphatic carbocycles. The quantitative estimate of drug-likeness (QED) is 0.791. The lowest BCUT2D eigenvalue weighted by molar-refractivity contribution is -0.124. The molecule has 0 spiro atoms. The van der Waals surface area contributed by atoms with E-state index in [-0.39, 0.29) is 5.91 Å². The number of benzene rings is 2. The number of amides is 2. The van der Waals surface area contributed by atoms with E-state index in [2.05, 4.69) is 10.6 Å². The van der Waals surface area contributed by atoms with Gasteiger partial charge >= 0.3 is 6.09 Å². The fourth-order valence-electron chi connectivity index (χ4n) is 3.24. The third-order valence-electron chi connectivity index (χ3n) is 4.76. The van der Waals surface area contributed by atoms with Gasteiger partial charge in [-0.3, -0.25) is 10.1 Å². The van der Waals surface area contributed by atoms with Crippen LogP contribution in [-0.2, 0) is 14.9 Å². The fraction of sp³-hybridized carbons (Fsp3) is 0.364. The maximum absolute atomic E-state index is 12.9. The molecule has 5 heteroatoms. The first-order chi connectivity index (χ1) is 12.8. The molecule has 1 saturated carbocycles. The van der Waals surface area contributed by atoms with Gasteiger partial charge in [0.15, 0.2) is 0 Å². The van der Waals surface area contributed by atoms with Gasteiger partial charge in [0.25, 0.3) is 0 Å². The lowest BCUT2D eigenvalue weighted by Gasteiger charge is -2.40. The molecule has 0 saturated heterocycles. The van der Waals surface area contributed by atoms with E-state index >= 15 is 0 Å². The van der Waals surface area contributed by atoms with Crippen molar-refractivity contribution in [3.63, 3.8) is 0 Å². The van der Waals surface area contributed by atoms with Crippen LogP contribution >= 0.6 is 0 Å². The van der Waals surface area contributed by atoms with Gasteiger partial charge in [0.1, 0.15) is 5.60 Å². The molecule has 2 amide bonds. The first kappa shape index (κ1) is 19.0. The van der Waals surface area contributed by atoms with Crippen molar-refractivity contribution in [3.05, 3.63) is 60.2 Å². The molecule has 1 fully saturated rings.